The fraction of sp³-hybridized carbons (Fsp3) is 0.632. The van der Waals surface area contributed by atoms with Crippen LogP contribution in [0.4, 0.5) is 0 Å². The Labute approximate surface area is 190 Å². The maximum absolute atomic E-state index is 12.5. The van der Waals surface area contributed by atoms with Crippen LogP contribution in [0.3, 0.4) is 0 Å². The van der Waals surface area contributed by atoms with Gasteiger partial charge in [0.2, 0.25) is 10.0 Å². The summed E-state index contributed by atoms with van der Waals surface area (Å²) in [5.41, 5.74) is 6.85. The van der Waals surface area contributed by atoms with Gasteiger partial charge in [0.05, 0.1) is 24.7 Å². The predicted octanol–water partition coefficient (Wildman–Crippen LogP) is 1.22. The summed E-state index contributed by atoms with van der Waals surface area (Å²) in [6.07, 6.45) is 2.87. The van der Waals surface area contributed by atoms with Gasteiger partial charge in [-0.3, -0.25) is 4.90 Å². The first-order valence-electron chi connectivity index (χ1n) is 9.99. The predicted molar refractivity (Wildman–Crippen MR) is 125 cm³/mol. The van der Waals surface area contributed by atoms with Crippen molar-refractivity contribution in [3.63, 3.8) is 0 Å². The lowest BCUT2D eigenvalue weighted by Gasteiger charge is -2.26. The second-order valence-electron chi connectivity index (χ2n) is 7.19. The summed E-state index contributed by atoms with van der Waals surface area (Å²) in [4.78, 5) is 7.07. The average Bonchev–Trinajstić information content (AvgIpc) is 3.27. The number of nitrogens with one attached hydrogen (secondary N) is 1. The summed E-state index contributed by atoms with van der Waals surface area (Å²) in [7, 11) is -3.36. The Morgan fingerprint density at radius 1 is 1.10 bits per heavy atom. The number of nitrogens with zero attached hydrogens (tertiary/aromatic N) is 3. The van der Waals surface area contributed by atoms with E-state index in [9.17, 15) is 8.42 Å². The van der Waals surface area contributed by atoms with Gasteiger partial charge in [0.25, 0.3) is 0 Å². The number of benzene rings is 1. The first-order valence-corrected chi connectivity index (χ1v) is 11.4. The summed E-state index contributed by atoms with van der Waals surface area (Å²) >= 11 is 0. The Hall–Kier alpha value is -0.950. The minimum absolute atomic E-state index is 0. The lowest BCUT2D eigenvalue weighted by Crippen LogP contribution is -2.39. The zero-order valence-electron chi connectivity index (χ0n) is 16.8. The zero-order chi connectivity index (χ0) is 19.8. The molecule has 10 heteroatoms. The van der Waals surface area contributed by atoms with Gasteiger partial charge in [0.1, 0.15) is 0 Å². The van der Waals surface area contributed by atoms with Crippen LogP contribution in [0, 0.1) is 0 Å². The van der Waals surface area contributed by atoms with Crippen molar-refractivity contribution in [3.8, 4) is 0 Å². The number of hydrogen-bond donors (Lipinski definition) is 2. The van der Waals surface area contributed by atoms with Gasteiger partial charge in [-0.1, -0.05) is 12.1 Å². The van der Waals surface area contributed by atoms with Gasteiger partial charge in [0.15, 0.2) is 5.96 Å². The molecular formula is C19H32IN5O3S. The van der Waals surface area contributed by atoms with Gasteiger partial charge in [-0.05, 0) is 43.5 Å². The fourth-order valence-electron chi connectivity index (χ4n) is 3.42. The number of rotatable bonds is 8. The minimum Gasteiger partial charge on any atom is -0.379 e. The van der Waals surface area contributed by atoms with Gasteiger partial charge >= 0.3 is 0 Å². The number of sulfonamides is 1. The molecule has 164 valence electrons. The van der Waals surface area contributed by atoms with Crippen LogP contribution < -0.4 is 11.1 Å². The summed E-state index contributed by atoms with van der Waals surface area (Å²) < 4.78 is 32.0. The highest BCUT2D eigenvalue weighted by Crippen LogP contribution is 2.21. The van der Waals surface area contributed by atoms with Crippen LogP contribution in [-0.4, -0.2) is 76.1 Å². The van der Waals surface area contributed by atoms with E-state index in [0.29, 0.717) is 30.5 Å². The van der Waals surface area contributed by atoms with E-state index in [1.807, 2.05) is 0 Å². The maximum Gasteiger partial charge on any atom is 0.243 e. The molecule has 2 saturated heterocycles. The topological polar surface area (TPSA) is 100 Å². The van der Waals surface area contributed by atoms with E-state index in [-0.39, 0.29) is 24.0 Å². The van der Waals surface area contributed by atoms with Crippen LogP contribution in [0.15, 0.2) is 34.2 Å². The molecular weight excluding hydrogens is 505 g/mol. The van der Waals surface area contributed by atoms with Crippen molar-refractivity contribution in [1.82, 2.24) is 14.5 Å². The van der Waals surface area contributed by atoms with Gasteiger partial charge < -0.3 is 15.8 Å². The quantitative estimate of drug-likeness (QED) is 0.224. The second-order valence-corrected chi connectivity index (χ2v) is 9.13. The van der Waals surface area contributed by atoms with Crippen LogP contribution in [0.5, 0.6) is 0 Å². The molecule has 0 amide bonds. The number of aliphatic imine (C=N–C) groups is 1. The monoisotopic (exact) mass is 537 g/mol. The van der Waals surface area contributed by atoms with Crippen molar-refractivity contribution >= 4 is 40.0 Å². The van der Waals surface area contributed by atoms with Crippen molar-refractivity contribution in [3.05, 3.63) is 29.8 Å². The van der Waals surface area contributed by atoms with Crippen molar-refractivity contribution in [1.29, 1.82) is 0 Å². The molecule has 0 bridgehead atoms. The van der Waals surface area contributed by atoms with E-state index in [2.05, 4.69) is 15.2 Å². The molecule has 29 heavy (non-hydrogen) atoms. The molecule has 2 aliphatic rings. The molecule has 3 N–H and O–H groups in total. The molecule has 0 saturated carbocycles. The fourth-order valence-corrected chi connectivity index (χ4v) is 4.94. The van der Waals surface area contributed by atoms with E-state index in [1.165, 1.54) is 0 Å². The van der Waals surface area contributed by atoms with E-state index >= 15 is 0 Å². The maximum atomic E-state index is 12.5. The molecule has 1 aromatic carbocycles. The molecule has 0 radical (unpaired) electrons. The van der Waals surface area contributed by atoms with Crippen LogP contribution in [-0.2, 0) is 21.3 Å². The molecule has 0 unspecified atom stereocenters. The molecule has 2 heterocycles. The highest BCUT2D eigenvalue weighted by molar-refractivity contribution is 14.0. The highest BCUT2D eigenvalue weighted by Gasteiger charge is 2.26. The van der Waals surface area contributed by atoms with Crippen LogP contribution in [0.1, 0.15) is 24.8 Å². The van der Waals surface area contributed by atoms with Gasteiger partial charge in [0, 0.05) is 32.7 Å². The van der Waals surface area contributed by atoms with E-state index < -0.39 is 10.0 Å². The third kappa shape index (κ3) is 7.35. The summed E-state index contributed by atoms with van der Waals surface area (Å²) in [5, 5.41) is 3.13. The van der Waals surface area contributed by atoms with Crippen LogP contribution in [0.2, 0.25) is 0 Å². The average molecular weight is 537 g/mol. The second kappa shape index (κ2) is 12.0. The van der Waals surface area contributed by atoms with Crippen LogP contribution in [0.25, 0.3) is 0 Å². The molecule has 0 spiro atoms. The smallest absolute Gasteiger partial charge is 0.243 e. The molecule has 0 aromatic heterocycles. The SMILES string of the molecule is I.NC(=NCc1ccc(S(=O)(=O)N2CCCC2)cc1)NCCCN1CCOCC1. The van der Waals surface area contributed by atoms with Crippen molar-refractivity contribution in [2.75, 3.05) is 52.5 Å². The summed E-state index contributed by atoms with van der Waals surface area (Å²) in [5.74, 6) is 0.413. The van der Waals surface area contributed by atoms with Gasteiger partial charge in [-0.25, -0.2) is 13.4 Å². The van der Waals surface area contributed by atoms with E-state index in [4.69, 9.17) is 10.5 Å². The number of morpholine rings is 1. The first kappa shape index (κ1) is 24.3. The van der Waals surface area contributed by atoms with E-state index in [1.54, 1.807) is 28.6 Å². The van der Waals surface area contributed by atoms with Crippen molar-refractivity contribution in [2.45, 2.75) is 30.7 Å². The van der Waals surface area contributed by atoms with Crippen molar-refractivity contribution in [2.24, 2.45) is 10.7 Å². The van der Waals surface area contributed by atoms with E-state index in [0.717, 1.165) is 64.2 Å². The zero-order valence-corrected chi connectivity index (χ0v) is 19.9. The Morgan fingerprint density at radius 2 is 1.76 bits per heavy atom. The molecule has 8 nitrogen and oxygen atoms in total. The molecule has 1 aromatic rings. The lowest BCUT2D eigenvalue weighted by molar-refractivity contribution is 0.0376. The van der Waals surface area contributed by atoms with Crippen LogP contribution >= 0.6 is 24.0 Å². The first-order chi connectivity index (χ1) is 13.6. The van der Waals surface area contributed by atoms with Gasteiger partial charge in [-0.2, -0.15) is 4.31 Å². The summed E-state index contributed by atoms with van der Waals surface area (Å²) in [6.45, 7) is 7.07. The lowest BCUT2D eigenvalue weighted by atomic mass is 10.2. The third-order valence-electron chi connectivity index (χ3n) is 5.12. The Bertz CT molecular complexity index is 746. The molecule has 0 aliphatic carbocycles. The highest BCUT2D eigenvalue weighted by atomic mass is 127. The molecule has 3 rings (SSSR count). The Kier molecular flexibility index (Phi) is 10.1. The standard InChI is InChI=1S/C19H31N5O3S.HI/c20-19(21-8-3-9-23-12-14-27-15-13-23)22-16-17-4-6-18(7-5-17)28(25,26)24-10-1-2-11-24;/h4-7H,1-3,8-16H2,(H3,20,21,22);1H. The Balaban J connectivity index is 0.00000300. The summed E-state index contributed by atoms with van der Waals surface area (Å²) in [6, 6.07) is 6.92. The normalized spacial score (nSPS) is 19.1. The van der Waals surface area contributed by atoms with Crippen molar-refractivity contribution < 1.29 is 13.2 Å². The number of ether oxygens (including phenoxy) is 1. The number of nitrogens with two attached hydrogens (primary N) is 1. The number of hydrogen-bond acceptors (Lipinski definition) is 5. The molecule has 2 aliphatic heterocycles. The number of guanidine groups is 1. The largest absolute Gasteiger partial charge is 0.379 e. The van der Waals surface area contributed by atoms with Gasteiger partial charge in [-0.15, -0.1) is 24.0 Å². The third-order valence-corrected chi connectivity index (χ3v) is 7.03. The molecule has 2 fully saturated rings. The number of halogens is 1. The Morgan fingerprint density at radius 3 is 2.41 bits per heavy atom. The molecule has 0 atom stereocenters. The minimum atomic E-state index is -3.36.